The van der Waals surface area contributed by atoms with Gasteiger partial charge in [0.1, 0.15) is 6.04 Å². The van der Waals surface area contributed by atoms with E-state index < -0.39 is 0 Å². The van der Waals surface area contributed by atoms with Crippen molar-refractivity contribution < 1.29 is 9.59 Å². The third-order valence-corrected chi connectivity index (χ3v) is 8.57. The molecule has 6 rings (SSSR count). The van der Waals surface area contributed by atoms with Crippen LogP contribution in [0.2, 0.25) is 0 Å². The Kier molecular flexibility index (Phi) is 4.95. The van der Waals surface area contributed by atoms with Gasteiger partial charge in [-0.05, 0) is 101 Å². The van der Waals surface area contributed by atoms with Crippen LogP contribution >= 0.6 is 0 Å². The van der Waals surface area contributed by atoms with Crippen molar-refractivity contribution in [3.8, 4) is 0 Å². The third kappa shape index (κ3) is 3.36. The first kappa shape index (κ1) is 20.1. The number of benzene rings is 1. The second-order valence-electron chi connectivity index (χ2n) is 10.9. The normalized spacial score (nSPS) is 35.5. The number of carbonyl (C=O) groups excluding carboxylic acids is 2. The highest BCUT2D eigenvalue weighted by Crippen LogP contribution is 2.60. The van der Waals surface area contributed by atoms with Gasteiger partial charge >= 0.3 is 0 Å². The van der Waals surface area contributed by atoms with Crippen molar-refractivity contribution in [2.45, 2.75) is 84.2 Å². The van der Waals surface area contributed by atoms with Crippen molar-refractivity contribution in [3.63, 3.8) is 0 Å². The second-order valence-corrected chi connectivity index (χ2v) is 10.9. The maximum absolute atomic E-state index is 13.8. The first-order valence-electron chi connectivity index (χ1n) is 12.0. The minimum atomic E-state index is -0.293. The Balaban J connectivity index is 1.31. The Morgan fingerprint density at radius 1 is 1.07 bits per heavy atom. The fraction of sp³-hybridized carbons (Fsp3) is 0.692. The standard InChI is InChI=1S/C26H36N2O2/c1-16-6-7-17(2)22(9-16)18(3)27-24(29)23-5-4-8-28(23)25(30)26-13-19-10-20(14-26)12-21(11-19)15-26/h6-7,9,18-21,23H,4-5,8,10-15H2,1-3H3,(H,27,29). The fourth-order valence-corrected chi connectivity index (χ4v) is 7.57. The molecule has 1 saturated heterocycles. The summed E-state index contributed by atoms with van der Waals surface area (Å²) in [6.07, 6.45) is 8.96. The molecule has 2 amide bonds. The molecule has 1 aromatic carbocycles. The molecule has 1 heterocycles. The highest BCUT2D eigenvalue weighted by Gasteiger charge is 2.56. The smallest absolute Gasteiger partial charge is 0.243 e. The molecular formula is C26H36N2O2. The molecule has 4 nitrogen and oxygen atoms in total. The molecule has 2 atom stereocenters. The van der Waals surface area contributed by atoms with Gasteiger partial charge in [-0.3, -0.25) is 9.59 Å². The molecule has 0 aromatic heterocycles. The van der Waals surface area contributed by atoms with Gasteiger partial charge in [0.15, 0.2) is 0 Å². The topological polar surface area (TPSA) is 49.4 Å². The number of hydrogen-bond acceptors (Lipinski definition) is 2. The Morgan fingerprint density at radius 3 is 2.33 bits per heavy atom. The number of carbonyl (C=O) groups is 2. The lowest BCUT2D eigenvalue weighted by Gasteiger charge is -2.56. The van der Waals surface area contributed by atoms with Crippen molar-refractivity contribution in [1.82, 2.24) is 10.2 Å². The van der Waals surface area contributed by atoms with Gasteiger partial charge in [-0.25, -0.2) is 0 Å². The zero-order valence-corrected chi connectivity index (χ0v) is 18.7. The predicted molar refractivity (Wildman–Crippen MR) is 118 cm³/mol. The molecule has 1 aliphatic heterocycles. The molecule has 0 spiro atoms. The van der Waals surface area contributed by atoms with Crippen LogP contribution in [-0.2, 0) is 9.59 Å². The summed E-state index contributed by atoms with van der Waals surface area (Å²) in [6, 6.07) is 6.04. The summed E-state index contributed by atoms with van der Waals surface area (Å²) in [5.41, 5.74) is 3.41. The number of amides is 2. The van der Waals surface area contributed by atoms with E-state index >= 15 is 0 Å². The average molecular weight is 409 g/mol. The van der Waals surface area contributed by atoms with Gasteiger partial charge in [-0.1, -0.05) is 23.8 Å². The van der Waals surface area contributed by atoms with Crippen molar-refractivity contribution in [2.75, 3.05) is 6.54 Å². The van der Waals surface area contributed by atoms with Gasteiger partial charge in [-0.15, -0.1) is 0 Å². The van der Waals surface area contributed by atoms with Gasteiger partial charge in [0.25, 0.3) is 0 Å². The zero-order valence-electron chi connectivity index (χ0n) is 18.7. The summed E-state index contributed by atoms with van der Waals surface area (Å²) in [7, 11) is 0. The summed E-state index contributed by atoms with van der Waals surface area (Å²) >= 11 is 0. The van der Waals surface area contributed by atoms with E-state index in [1.54, 1.807) is 0 Å². The lowest BCUT2D eigenvalue weighted by atomic mass is 9.49. The van der Waals surface area contributed by atoms with E-state index in [9.17, 15) is 9.59 Å². The van der Waals surface area contributed by atoms with Crippen LogP contribution in [0, 0.1) is 37.0 Å². The molecule has 4 heteroatoms. The number of hydrogen-bond donors (Lipinski definition) is 1. The van der Waals surface area contributed by atoms with Crippen LogP contribution in [0.4, 0.5) is 0 Å². The van der Waals surface area contributed by atoms with Crippen LogP contribution in [0.5, 0.6) is 0 Å². The van der Waals surface area contributed by atoms with Crippen molar-refractivity contribution >= 4 is 11.8 Å². The third-order valence-electron chi connectivity index (χ3n) is 8.57. The molecule has 2 unspecified atom stereocenters. The van der Waals surface area contributed by atoms with Crippen molar-refractivity contribution in [1.29, 1.82) is 0 Å². The number of rotatable bonds is 4. The SMILES string of the molecule is Cc1ccc(C)c(C(C)NC(=O)C2CCCN2C(=O)C23CC4CC(CC(C4)C2)C3)c1. The number of likely N-dealkylation sites (tertiary alicyclic amines) is 1. The predicted octanol–water partition coefficient (Wildman–Crippen LogP) is 4.69. The highest BCUT2D eigenvalue weighted by molar-refractivity contribution is 5.91. The maximum atomic E-state index is 13.8. The van der Waals surface area contributed by atoms with Crippen LogP contribution in [-0.4, -0.2) is 29.3 Å². The molecule has 5 fully saturated rings. The monoisotopic (exact) mass is 408 g/mol. The fourth-order valence-electron chi connectivity index (χ4n) is 7.57. The second kappa shape index (κ2) is 7.39. The van der Waals surface area contributed by atoms with E-state index in [1.165, 1.54) is 36.0 Å². The Bertz CT molecular complexity index is 825. The first-order valence-corrected chi connectivity index (χ1v) is 12.0. The van der Waals surface area contributed by atoms with E-state index in [0.29, 0.717) is 5.91 Å². The summed E-state index contributed by atoms with van der Waals surface area (Å²) in [4.78, 5) is 29.0. The molecule has 1 N–H and O–H groups in total. The van der Waals surface area contributed by atoms with E-state index in [2.05, 4.69) is 44.3 Å². The Morgan fingerprint density at radius 2 is 1.70 bits per heavy atom. The van der Waals surface area contributed by atoms with Gasteiger partial charge in [0, 0.05) is 6.54 Å². The summed E-state index contributed by atoms with van der Waals surface area (Å²) in [5.74, 6) is 2.58. The van der Waals surface area contributed by atoms with Crippen molar-refractivity contribution in [3.05, 3.63) is 34.9 Å². The molecule has 4 bridgehead atoms. The van der Waals surface area contributed by atoms with Gasteiger partial charge in [-0.2, -0.15) is 0 Å². The molecule has 4 saturated carbocycles. The Labute approximate surface area is 180 Å². The van der Waals surface area contributed by atoms with E-state index in [-0.39, 0.29) is 23.4 Å². The molecule has 4 aliphatic carbocycles. The Hall–Kier alpha value is -1.84. The first-order chi connectivity index (χ1) is 14.3. The van der Waals surface area contributed by atoms with Gasteiger partial charge in [0.2, 0.25) is 11.8 Å². The molecule has 30 heavy (non-hydrogen) atoms. The average Bonchev–Trinajstić information content (AvgIpc) is 3.18. The molecular weight excluding hydrogens is 372 g/mol. The maximum Gasteiger partial charge on any atom is 0.243 e. The molecule has 5 aliphatic rings. The summed E-state index contributed by atoms with van der Waals surface area (Å²) in [5, 5.41) is 3.23. The van der Waals surface area contributed by atoms with Gasteiger partial charge < -0.3 is 10.2 Å². The van der Waals surface area contributed by atoms with Crippen LogP contribution in [0.25, 0.3) is 0 Å². The lowest BCUT2D eigenvalue weighted by Crippen LogP contribution is -2.57. The summed E-state index contributed by atoms with van der Waals surface area (Å²) in [6.45, 7) is 6.98. The molecule has 162 valence electrons. The van der Waals surface area contributed by atoms with E-state index in [1.807, 2.05) is 4.90 Å². The molecule has 1 aromatic rings. The van der Waals surface area contributed by atoms with Crippen LogP contribution in [0.3, 0.4) is 0 Å². The minimum absolute atomic E-state index is 0.0268. The zero-order chi connectivity index (χ0) is 21.0. The molecule has 0 radical (unpaired) electrons. The quantitative estimate of drug-likeness (QED) is 0.786. The van der Waals surface area contributed by atoms with E-state index in [0.717, 1.165) is 56.4 Å². The highest BCUT2D eigenvalue weighted by atomic mass is 16.2. The van der Waals surface area contributed by atoms with Crippen molar-refractivity contribution in [2.24, 2.45) is 23.2 Å². The largest absolute Gasteiger partial charge is 0.348 e. The number of nitrogens with zero attached hydrogens (tertiary/aromatic N) is 1. The lowest BCUT2D eigenvalue weighted by molar-refractivity contribution is -0.160. The van der Waals surface area contributed by atoms with Crippen LogP contribution in [0.1, 0.15) is 81.0 Å². The van der Waals surface area contributed by atoms with Crippen LogP contribution in [0.15, 0.2) is 18.2 Å². The minimum Gasteiger partial charge on any atom is -0.348 e. The summed E-state index contributed by atoms with van der Waals surface area (Å²) < 4.78 is 0. The number of aryl methyl sites for hydroxylation is 2. The van der Waals surface area contributed by atoms with Gasteiger partial charge in [0.05, 0.1) is 11.5 Å². The van der Waals surface area contributed by atoms with Crippen LogP contribution < -0.4 is 5.32 Å². The van der Waals surface area contributed by atoms with E-state index in [4.69, 9.17) is 0 Å². The number of nitrogens with one attached hydrogen (secondary N) is 1.